The van der Waals surface area contributed by atoms with Crippen molar-refractivity contribution in [2.24, 2.45) is 11.1 Å². The first kappa shape index (κ1) is 22.7. The van der Waals surface area contributed by atoms with Crippen LogP contribution >= 0.6 is 22.9 Å². The maximum Gasteiger partial charge on any atom is 0.228 e. The van der Waals surface area contributed by atoms with E-state index in [0.29, 0.717) is 28.6 Å². The molecule has 4 aromatic rings. The second kappa shape index (κ2) is 7.86. The SMILES string of the molecule is NS(=O)(=O)C1(C2CC(=O)N(c3ccc4c(cnn4-c4ccc(F)cc4)c3)C2c2ccc(Cl)s2)CC1. The molecule has 35 heavy (non-hydrogen) atoms. The molecular weight excluding hydrogens is 511 g/mol. The molecular formula is C24H20ClFN4O3S2. The highest BCUT2D eigenvalue weighted by Crippen LogP contribution is 2.59. The summed E-state index contributed by atoms with van der Waals surface area (Å²) in [4.78, 5) is 15.9. The van der Waals surface area contributed by atoms with Crippen molar-refractivity contribution in [3.63, 3.8) is 0 Å². The fourth-order valence-corrected chi connectivity index (χ4v) is 7.80. The predicted molar refractivity (Wildman–Crippen MR) is 134 cm³/mol. The summed E-state index contributed by atoms with van der Waals surface area (Å²) in [6.07, 6.45) is 2.65. The molecule has 0 radical (unpaired) electrons. The lowest BCUT2D eigenvalue weighted by molar-refractivity contribution is -0.117. The smallest absolute Gasteiger partial charge is 0.228 e. The Morgan fingerprint density at radius 3 is 2.43 bits per heavy atom. The summed E-state index contributed by atoms with van der Waals surface area (Å²) in [6, 6.07) is 14.7. The summed E-state index contributed by atoms with van der Waals surface area (Å²) in [5.74, 6) is -0.968. The first-order valence-electron chi connectivity index (χ1n) is 11.0. The van der Waals surface area contributed by atoms with Crippen LogP contribution in [0, 0.1) is 11.7 Å². The highest BCUT2D eigenvalue weighted by molar-refractivity contribution is 7.90. The van der Waals surface area contributed by atoms with Crippen molar-refractivity contribution in [3.8, 4) is 5.69 Å². The topological polar surface area (TPSA) is 98.3 Å². The largest absolute Gasteiger partial charge is 0.304 e. The van der Waals surface area contributed by atoms with E-state index in [1.54, 1.807) is 34.0 Å². The van der Waals surface area contributed by atoms with E-state index < -0.39 is 26.7 Å². The summed E-state index contributed by atoms with van der Waals surface area (Å²) in [6.45, 7) is 0. The van der Waals surface area contributed by atoms with Crippen molar-refractivity contribution < 1.29 is 17.6 Å². The van der Waals surface area contributed by atoms with Gasteiger partial charge in [-0.1, -0.05) is 11.6 Å². The van der Waals surface area contributed by atoms with Gasteiger partial charge >= 0.3 is 0 Å². The predicted octanol–water partition coefficient (Wildman–Crippen LogP) is 4.79. The summed E-state index contributed by atoms with van der Waals surface area (Å²) in [5.41, 5.74) is 2.15. The van der Waals surface area contributed by atoms with Crippen molar-refractivity contribution >= 4 is 55.5 Å². The third-order valence-corrected chi connectivity index (χ3v) is 10.2. The van der Waals surface area contributed by atoms with Crippen molar-refractivity contribution in [1.29, 1.82) is 0 Å². The second-order valence-electron chi connectivity index (χ2n) is 9.05. The van der Waals surface area contributed by atoms with Gasteiger partial charge in [0.2, 0.25) is 15.9 Å². The van der Waals surface area contributed by atoms with E-state index >= 15 is 0 Å². The molecule has 2 unspecified atom stereocenters. The molecule has 1 amide bonds. The number of sulfonamides is 1. The molecule has 1 aliphatic heterocycles. The van der Waals surface area contributed by atoms with Gasteiger partial charge in [-0.25, -0.2) is 22.6 Å². The van der Waals surface area contributed by atoms with E-state index in [1.165, 1.54) is 23.5 Å². The molecule has 3 heterocycles. The van der Waals surface area contributed by atoms with Crippen LogP contribution in [-0.4, -0.2) is 28.9 Å². The first-order chi connectivity index (χ1) is 16.7. The molecule has 6 rings (SSSR count). The lowest BCUT2D eigenvalue weighted by atomic mass is 9.93. The Morgan fingerprint density at radius 2 is 1.80 bits per heavy atom. The number of nitrogens with two attached hydrogens (primary N) is 1. The lowest BCUT2D eigenvalue weighted by Gasteiger charge is -2.31. The van der Waals surface area contributed by atoms with E-state index in [1.807, 2.05) is 24.3 Å². The van der Waals surface area contributed by atoms with Crippen LogP contribution in [0.1, 0.15) is 30.2 Å². The minimum Gasteiger partial charge on any atom is -0.304 e. The highest BCUT2D eigenvalue weighted by Gasteiger charge is 2.64. The Labute approximate surface area is 210 Å². The number of aromatic nitrogens is 2. The van der Waals surface area contributed by atoms with Crippen molar-refractivity contribution in [1.82, 2.24) is 9.78 Å². The number of nitrogens with zero attached hydrogens (tertiary/aromatic N) is 3. The van der Waals surface area contributed by atoms with E-state index in [2.05, 4.69) is 5.10 Å². The maximum atomic E-state index is 13.4. The number of primary sulfonamides is 1. The number of thiophene rings is 1. The van der Waals surface area contributed by atoms with Gasteiger partial charge in [0.1, 0.15) is 5.82 Å². The van der Waals surface area contributed by atoms with Crippen LogP contribution in [0.5, 0.6) is 0 Å². The van der Waals surface area contributed by atoms with Crippen LogP contribution in [0.3, 0.4) is 0 Å². The van der Waals surface area contributed by atoms with Gasteiger partial charge in [0, 0.05) is 28.3 Å². The number of hydrogen-bond donors (Lipinski definition) is 1. The Bertz CT molecular complexity index is 1580. The summed E-state index contributed by atoms with van der Waals surface area (Å²) in [5, 5.41) is 10.9. The molecule has 2 N–H and O–H groups in total. The Kier molecular flexibility index (Phi) is 5.09. The zero-order chi connectivity index (χ0) is 24.5. The minimum atomic E-state index is -3.85. The molecule has 2 fully saturated rings. The quantitative estimate of drug-likeness (QED) is 0.401. The van der Waals surface area contributed by atoms with Crippen LogP contribution in [-0.2, 0) is 14.8 Å². The number of amides is 1. The standard InChI is InChI=1S/C24H20ClFN4O3S2/c25-21-8-7-20(34-21)23-18(24(9-10-24)35(27,32)33)12-22(31)29(23)17-5-6-19-14(11-17)13-28-30(19)16-3-1-15(26)2-4-16/h1-8,11,13,18,23H,9-10,12H2,(H2,27,32,33). The Balaban J connectivity index is 1.44. The molecule has 1 saturated carbocycles. The molecule has 2 aromatic heterocycles. The van der Waals surface area contributed by atoms with E-state index in [0.717, 1.165) is 15.8 Å². The van der Waals surface area contributed by atoms with Crippen LogP contribution in [0.4, 0.5) is 10.1 Å². The van der Waals surface area contributed by atoms with Crippen LogP contribution in [0.2, 0.25) is 4.34 Å². The molecule has 180 valence electrons. The number of fused-ring (bicyclic) bond motifs is 1. The number of benzene rings is 2. The summed E-state index contributed by atoms with van der Waals surface area (Å²) < 4.78 is 39.6. The number of halogens is 2. The van der Waals surface area contributed by atoms with Crippen LogP contribution in [0.15, 0.2) is 60.8 Å². The van der Waals surface area contributed by atoms with E-state index in [-0.39, 0.29) is 18.1 Å². The van der Waals surface area contributed by atoms with Gasteiger partial charge in [0.05, 0.1) is 32.5 Å². The Morgan fingerprint density at radius 1 is 1.09 bits per heavy atom. The fraction of sp³-hybridized carbons (Fsp3) is 0.250. The molecule has 0 spiro atoms. The average molecular weight is 531 g/mol. The number of hydrogen-bond acceptors (Lipinski definition) is 5. The van der Waals surface area contributed by atoms with Crippen LogP contribution in [0.25, 0.3) is 16.6 Å². The second-order valence-corrected chi connectivity index (χ2v) is 12.7. The molecule has 0 bridgehead atoms. The van der Waals surface area contributed by atoms with E-state index in [4.69, 9.17) is 16.7 Å². The van der Waals surface area contributed by atoms with Gasteiger partial charge in [-0.05, 0) is 67.4 Å². The normalized spacial score (nSPS) is 21.7. The highest BCUT2D eigenvalue weighted by atomic mass is 35.5. The first-order valence-corrected chi connectivity index (χ1v) is 13.8. The number of carbonyl (C=O) groups is 1. The van der Waals surface area contributed by atoms with Gasteiger partial charge in [-0.3, -0.25) is 4.79 Å². The van der Waals surface area contributed by atoms with Gasteiger partial charge in [0.15, 0.2) is 0 Å². The van der Waals surface area contributed by atoms with Gasteiger partial charge in [0.25, 0.3) is 0 Å². The summed E-state index contributed by atoms with van der Waals surface area (Å²) in [7, 11) is -3.85. The molecule has 1 saturated heterocycles. The third-order valence-electron chi connectivity index (χ3n) is 7.09. The molecule has 7 nitrogen and oxygen atoms in total. The fourth-order valence-electron chi connectivity index (χ4n) is 5.27. The van der Waals surface area contributed by atoms with Gasteiger partial charge in [-0.15, -0.1) is 11.3 Å². The molecule has 1 aliphatic carbocycles. The number of carbonyl (C=O) groups excluding carboxylic acids is 1. The molecule has 2 aliphatic rings. The maximum absolute atomic E-state index is 13.4. The zero-order valence-electron chi connectivity index (χ0n) is 18.3. The minimum absolute atomic E-state index is 0.0868. The lowest BCUT2D eigenvalue weighted by Crippen LogP contribution is -2.40. The number of rotatable bonds is 5. The summed E-state index contributed by atoms with van der Waals surface area (Å²) >= 11 is 7.56. The third kappa shape index (κ3) is 3.58. The van der Waals surface area contributed by atoms with Crippen molar-refractivity contribution in [3.05, 3.63) is 75.8 Å². The zero-order valence-corrected chi connectivity index (χ0v) is 20.7. The molecule has 2 aromatic carbocycles. The molecule has 11 heteroatoms. The number of anilines is 1. The van der Waals surface area contributed by atoms with Gasteiger partial charge < -0.3 is 4.90 Å². The van der Waals surface area contributed by atoms with Crippen molar-refractivity contribution in [2.75, 3.05) is 4.90 Å². The van der Waals surface area contributed by atoms with E-state index in [9.17, 15) is 17.6 Å². The monoisotopic (exact) mass is 530 g/mol. The van der Waals surface area contributed by atoms with Crippen LogP contribution < -0.4 is 10.0 Å². The Hall–Kier alpha value is -2.79. The average Bonchev–Trinajstić information content (AvgIpc) is 3.18. The molecule has 2 atom stereocenters. The van der Waals surface area contributed by atoms with Crippen molar-refractivity contribution in [2.45, 2.75) is 30.1 Å². The van der Waals surface area contributed by atoms with Gasteiger partial charge in [-0.2, -0.15) is 5.10 Å².